The molecule has 2 N–H and O–H groups in total. The molecule has 80 valence electrons. The van der Waals surface area contributed by atoms with Crippen molar-refractivity contribution in [2.75, 3.05) is 13.2 Å². The van der Waals surface area contributed by atoms with Gasteiger partial charge in [-0.15, -0.1) is 0 Å². The second-order valence-corrected chi connectivity index (χ2v) is 4.05. The third-order valence-corrected chi connectivity index (χ3v) is 2.22. The monoisotopic (exact) mass is 189 g/mol. The lowest BCUT2D eigenvalue weighted by molar-refractivity contribution is 0.0298. The highest BCUT2D eigenvalue weighted by molar-refractivity contribution is 4.79. The molecule has 13 heavy (non-hydrogen) atoms. The standard InChI is InChI=1S/C10H23NO2/c1-6-13-8(2)7-11-9(3)10(4,5)12/h8-9,11-12H,6-7H2,1-5H3. The van der Waals surface area contributed by atoms with Crippen LogP contribution in [0.5, 0.6) is 0 Å². The molecule has 0 aromatic heterocycles. The van der Waals surface area contributed by atoms with Crippen LogP contribution in [-0.2, 0) is 4.74 Å². The lowest BCUT2D eigenvalue weighted by atomic mass is 10.0. The van der Waals surface area contributed by atoms with Gasteiger partial charge < -0.3 is 15.2 Å². The largest absolute Gasteiger partial charge is 0.389 e. The average Bonchev–Trinajstić information content (AvgIpc) is 1.99. The lowest BCUT2D eigenvalue weighted by Crippen LogP contribution is -2.46. The number of hydrogen-bond donors (Lipinski definition) is 2. The zero-order valence-electron chi connectivity index (χ0n) is 9.42. The minimum atomic E-state index is -0.675. The predicted octanol–water partition coefficient (Wildman–Crippen LogP) is 1.16. The summed E-state index contributed by atoms with van der Waals surface area (Å²) in [7, 11) is 0. The highest BCUT2D eigenvalue weighted by Gasteiger charge is 2.21. The molecule has 0 saturated heterocycles. The van der Waals surface area contributed by atoms with Gasteiger partial charge in [0.15, 0.2) is 0 Å². The van der Waals surface area contributed by atoms with Gasteiger partial charge in [0.1, 0.15) is 0 Å². The zero-order valence-corrected chi connectivity index (χ0v) is 9.42. The van der Waals surface area contributed by atoms with Gasteiger partial charge in [-0.1, -0.05) is 0 Å². The van der Waals surface area contributed by atoms with Crippen molar-refractivity contribution in [2.45, 2.75) is 52.4 Å². The van der Waals surface area contributed by atoms with Crippen molar-refractivity contribution in [3.8, 4) is 0 Å². The fourth-order valence-corrected chi connectivity index (χ4v) is 0.936. The van der Waals surface area contributed by atoms with Crippen LogP contribution in [0.15, 0.2) is 0 Å². The summed E-state index contributed by atoms with van der Waals surface area (Å²) in [6, 6.07) is 0.0791. The van der Waals surface area contributed by atoms with Crippen LogP contribution in [0.1, 0.15) is 34.6 Å². The van der Waals surface area contributed by atoms with Crippen LogP contribution in [0, 0.1) is 0 Å². The summed E-state index contributed by atoms with van der Waals surface area (Å²) >= 11 is 0. The van der Waals surface area contributed by atoms with Crippen LogP contribution in [0.2, 0.25) is 0 Å². The van der Waals surface area contributed by atoms with Gasteiger partial charge in [-0.05, 0) is 34.6 Å². The van der Waals surface area contributed by atoms with Gasteiger partial charge in [0, 0.05) is 19.2 Å². The van der Waals surface area contributed by atoms with E-state index in [1.165, 1.54) is 0 Å². The molecule has 0 aliphatic heterocycles. The molecule has 0 spiro atoms. The first-order chi connectivity index (χ1) is 5.88. The summed E-state index contributed by atoms with van der Waals surface area (Å²) in [5.41, 5.74) is -0.675. The first-order valence-electron chi connectivity index (χ1n) is 4.95. The molecule has 0 fully saturated rings. The maximum atomic E-state index is 9.63. The Kier molecular flexibility index (Phi) is 5.53. The first-order valence-corrected chi connectivity index (χ1v) is 4.95. The van der Waals surface area contributed by atoms with E-state index in [0.29, 0.717) is 0 Å². The smallest absolute Gasteiger partial charge is 0.0741 e. The van der Waals surface area contributed by atoms with Crippen LogP contribution < -0.4 is 5.32 Å². The quantitative estimate of drug-likeness (QED) is 0.659. The molecule has 0 aliphatic carbocycles. The summed E-state index contributed by atoms with van der Waals surface area (Å²) < 4.78 is 5.36. The molecule has 2 unspecified atom stereocenters. The van der Waals surface area contributed by atoms with Crippen molar-refractivity contribution in [3.63, 3.8) is 0 Å². The maximum absolute atomic E-state index is 9.63. The van der Waals surface area contributed by atoms with Gasteiger partial charge in [-0.3, -0.25) is 0 Å². The minimum absolute atomic E-state index is 0.0791. The van der Waals surface area contributed by atoms with Gasteiger partial charge in [0.25, 0.3) is 0 Å². The molecule has 0 amide bonds. The highest BCUT2D eigenvalue weighted by atomic mass is 16.5. The van der Waals surface area contributed by atoms with Crippen LogP contribution in [0.3, 0.4) is 0 Å². The normalized spacial score (nSPS) is 17.1. The summed E-state index contributed by atoms with van der Waals surface area (Å²) in [6.45, 7) is 11.1. The Morgan fingerprint density at radius 1 is 1.38 bits per heavy atom. The maximum Gasteiger partial charge on any atom is 0.0741 e. The van der Waals surface area contributed by atoms with E-state index in [0.717, 1.165) is 13.2 Å². The summed E-state index contributed by atoms with van der Waals surface area (Å²) in [6.07, 6.45) is 0.204. The number of ether oxygens (including phenoxy) is 1. The van der Waals surface area contributed by atoms with E-state index in [2.05, 4.69) is 5.32 Å². The van der Waals surface area contributed by atoms with Crippen molar-refractivity contribution in [3.05, 3.63) is 0 Å². The minimum Gasteiger partial charge on any atom is -0.389 e. The molecule has 0 radical (unpaired) electrons. The molecule has 0 rings (SSSR count). The Balaban J connectivity index is 3.63. The van der Waals surface area contributed by atoms with Crippen molar-refractivity contribution < 1.29 is 9.84 Å². The molecule has 3 heteroatoms. The van der Waals surface area contributed by atoms with E-state index in [9.17, 15) is 5.11 Å². The molecular weight excluding hydrogens is 166 g/mol. The SMILES string of the molecule is CCOC(C)CNC(C)C(C)(C)O. The zero-order chi connectivity index (χ0) is 10.5. The van der Waals surface area contributed by atoms with Crippen molar-refractivity contribution in [1.29, 1.82) is 0 Å². The van der Waals surface area contributed by atoms with E-state index in [4.69, 9.17) is 4.74 Å². The Morgan fingerprint density at radius 2 is 1.92 bits per heavy atom. The number of rotatable bonds is 6. The van der Waals surface area contributed by atoms with E-state index in [1.54, 1.807) is 13.8 Å². The summed E-state index contributed by atoms with van der Waals surface area (Å²) in [4.78, 5) is 0. The molecule has 0 heterocycles. The Morgan fingerprint density at radius 3 is 2.31 bits per heavy atom. The van der Waals surface area contributed by atoms with E-state index in [-0.39, 0.29) is 12.1 Å². The number of nitrogens with one attached hydrogen (secondary N) is 1. The lowest BCUT2D eigenvalue weighted by Gasteiger charge is -2.28. The van der Waals surface area contributed by atoms with Crippen LogP contribution in [0.25, 0.3) is 0 Å². The summed E-state index contributed by atoms with van der Waals surface area (Å²) in [5, 5.41) is 12.9. The molecule has 0 aromatic rings. The van der Waals surface area contributed by atoms with Crippen LogP contribution >= 0.6 is 0 Å². The van der Waals surface area contributed by atoms with E-state index in [1.807, 2.05) is 20.8 Å². The van der Waals surface area contributed by atoms with Crippen LogP contribution in [0.4, 0.5) is 0 Å². The predicted molar refractivity (Wildman–Crippen MR) is 54.9 cm³/mol. The number of hydrogen-bond acceptors (Lipinski definition) is 3. The Hall–Kier alpha value is -0.120. The van der Waals surface area contributed by atoms with Gasteiger partial charge in [0.2, 0.25) is 0 Å². The van der Waals surface area contributed by atoms with Gasteiger partial charge >= 0.3 is 0 Å². The molecule has 0 saturated carbocycles. The van der Waals surface area contributed by atoms with Gasteiger partial charge in [0.05, 0.1) is 11.7 Å². The molecule has 2 atom stereocenters. The summed E-state index contributed by atoms with van der Waals surface area (Å²) in [5.74, 6) is 0. The molecule has 3 nitrogen and oxygen atoms in total. The van der Waals surface area contributed by atoms with E-state index >= 15 is 0 Å². The average molecular weight is 189 g/mol. The fourth-order valence-electron chi connectivity index (χ4n) is 0.936. The van der Waals surface area contributed by atoms with E-state index < -0.39 is 5.60 Å². The van der Waals surface area contributed by atoms with Crippen molar-refractivity contribution >= 4 is 0 Å². The van der Waals surface area contributed by atoms with Crippen LogP contribution in [-0.4, -0.2) is 36.0 Å². The Labute approximate surface area is 81.5 Å². The van der Waals surface area contributed by atoms with Crippen molar-refractivity contribution in [1.82, 2.24) is 5.32 Å². The number of aliphatic hydroxyl groups is 1. The topological polar surface area (TPSA) is 41.5 Å². The molecule has 0 aliphatic rings. The van der Waals surface area contributed by atoms with Gasteiger partial charge in [-0.2, -0.15) is 0 Å². The third kappa shape index (κ3) is 6.02. The molecule has 0 bridgehead atoms. The van der Waals surface area contributed by atoms with Crippen molar-refractivity contribution in [2.24, 2.45) is 0 Å². The molecule has 0 aromatic carbocycles. The Bertz CT molecular complexity index is 131. The molecular formula is C10H23NO2. The first kappa shape index (κ1) is 12.9. The fraction of sp³-hybridized carbons (Fsp3) is 1.00. The second-order valence-electron chi connectivity index (χ2n) is 4.05. The third-order valence-electron chi connectivity index (χ3n) is 2.22. The second kappa shape index (κ2) is 5.58. The van der Waals surface area contributed by atoms with Gasteiger partial charge in [-0.25, -0.2) is 0 Å². The highest BCUT2D eigenvalue weighted by Crippen LogP contribution is 2.07.